The summed E-state index contributed by atoms with van der Waals surface area (Å²) in [6.07, 6.45) is 0. The minimum absolute atomic E-state index is 0.300. The number of hydrogen-bond acceptors (Lipinski definition) is 2. The maximum atomic E-state index is 12.8. The highest BCUT2D eigenvalue weighted by Gasteiger charge is 2.00. The molecule has 0 atom stereocenters. The highest BCUT2D eigenvalue weighted by molar-refractivity contribution is 7.80. The second kappa shape index (κ2) is 9.09. The Bertz CT molecular complexity index is 629. The van der Waals surface area contributed by atoms with Crippen molar-refractivity contribution in [2.75, 3.05) is 23.7 Å². The molecular weight excluding hydrogens is 350 g/mol. The molecular formula is C16H16F2N4S2. The van der Waals surface area contributed by atoms with Crippen molar-refractivity contribution in [2.24, 2.45) is 0 Å². The molecule has 4 N–H and O–H groups in total. The molecule has 0 heterocycles. The molecule has 0 saturated carbocycles. The van der Waals surface area contributed by atoms with Crippen LogP contribution in [0, 0.1) is 11.6 Å². The van der Waals surface area contributed by atoms with E-state index >= 15 is 0 Å². The fourth-order valence-corrected chi connectivity index (χ4v) is 2.21. The summed E-state index contributed by atoms with van der Waals surface area (Å²) in [6.45, 7) is 1.08. The van der Waals surface area contributed by atoms with Crippen molar-refractivity contribution in [3.8, 4) is 0 Å². The van der Waals surface area contributed by atoms with Gasteiger partial charge in [0.15, 0.2) is 10.2 Å². The van der Waals surface area contributed by atoms with E-state index in [1.807, 2.05) is 0 Å². The number of hydrogen-bond donors (Lipinski definition) is 4. The van der Waals surface area contributed by atoms with Crippen LogP contribution < -0.4 is 21.3 Å². The van der Waals surface area contributed by atoms with Gasteiger partial charge in [-0.1, -0.05) is 0 Å². The first kappa shape index (κ1) is 18.0. The average molecular weight is 366 g/mol. The number of rotatable bonds is 5. The molecule has 0 aromatic heterocycles. The van der Waals surface area contributed by atoms with E-state index < -0.39 is 0 Å². The van der Waals surface area contributed by atoms with Gasteiger partial charge in [0.25, 0.3) is 0 Å². The van der Waals surface area contributed by atoms with Crippen molar-refractivity contribution in [1.82, 2.24) is 10.6 Å². The largest absolute Gasteiger partial charge is 0.361 e. The smallest absolute Gasteiger partial charge is 0.170 e. The molecule has 2 aromatic rings. The van der Waals surface area contributed by atoms with Gasteiger partial charge < -0.3 is 21.3 Å². The molecule has 0 aliphatic rings. The Morgan fingerprint density at radius 3 is 1.33 bits per heavy atom. The first-order valence-corrected chi connectivity index (χ1v) is 7.95. The quantitative estimate of drug-likeness (QED) is 0.482. The van der Waals surface area contributed by atoms with Crippen LogP contribution in [0.1, 0.15) is 0 Å². The van der Waals surface area contributed by atoms with Crippen molar-refractivity contribution in [1.29, 1.82) is 0 Å². The van der Waals surface area contributed by atoms with Crippen LogP contribution in [0.2, 0.25) is 0 Å². The van der Waals surface area contributed by atoms with Crippen LogP contribution in [-0.2, 0) is 0 Å². The zero-order valence-electron chi connectivity index (χ0n) is 12.6. The lowest BCUT2D eigenvalue weighted by Gasteiger charge is -2.13. The van der Waals surface area contributed by atoms with Gasteiger partial charge in [-0.05, 0) is 73.0 Å². The Morgan fingerprint density at radius 2 is 1.00 bits per heavy atom. The van der Waals surface area contributed by atoms with E-state index in [1.165, 1.54) is 24.3 Å². The van der Waals surface area contributed by atoms with Crippen LogP contribution in [0.4, 0.5) is 20.2 Å². The molecule has 2 rings (SSSR count). The maximum Gasteiger partial charge on any atom is 0.170 e. The van der Waals surface area contributed by atoms with E-state index in [4.69, 9.17) is 24.4 Å². The van der Waals surface area contributed by atoms with Crippen LogP contribution >= 0.6 is 24.4 Å². The van der Waals surface area contributed by atoms with E-state index in [1.54, 1.807) is 24.3 Å². The fraction of sp³-hybridized carbons (Fsp3) is 0.125. The Labute approximate surface area is 149 Å². The Morgan fingerprint density at radius 1 is 0.667 bits per heavy atom. The molecule has 0 bridgehead atoms. The Kier molecular flexibility index (Phi) is 6.83. The molecule has 0 unspecified atom stereocenters. The molecule has 0 radical (unpaired) electrons. The van der Waals surface area contributed by atoms with E-state index in [0.717, 1.165) is 0 Å². The van der Waals surface area contributed by atoms with Gasteiger partial charge in [0.05, 0.1) is 0 Å². The fourth-order valence-electron chi connectivity index (χ4n) is 1.77. The number of benzene rings is 2. The summed E-state index contributed by atoms with van der Waals surface area (Å²) in [7, 11) is 0. The zero-order chi connectivity index (χ0) is 17.4. The molecule has 2 aromatic carbocycles. The van der Waals surface area contributed by atoms with Crippen molar-refractivity contribution < 1.29 is 8.78 Å². The van der Waals surface area contributed by atoms with Gasteiger partial charge in [0, 0.05) is 24.5 Å². The van der Waals surface area contributed by atoms with Crippen molar-refractivity contribution in [3.63, 3.8) is 0 Å². The molecule has 8 heteroatoms. The predicted octanol–water partition coefficient (Wildman–Crippen LogP) is 3.24. The summed E-state index contributed by atoms with van der Waals surface area (Å²) in [6, 6.07) is 11.8. The molecule has 0 aliphatic heterocycles. The third kappa shape index (κ3) is 6.43. The summed E-state index contributed by atoms with van der Waals surface area (Å²) < 4.78 is 25.6. The highest BCUT2D eigenvalue weighted by Crippen LogP contribution is 2.08. The Hall–Kier alpha value is -2.32. The summed E-state index contributed by atoms with van der Waals surface area (Å²) in [5, 5.41) is 12.8. The average Bonchev–Trinajstić information content (AvgIpc) is 2.56. The van der Waals surface area contributed by atoms with E-state index in [0.29, 0.717) is 34.7 Å². The van der Waals surface area contributed by atoms with E-state index in [2.05, 4.69) is 21.3 Å². The SMILES string of the molecule is Fc1ccc(NC(=S)NCCNC(=S)Nc2ccc(F)cc2)cc1. The van der Waals surface area contributed by atoms with Crippen molar-refractivity contribution in [2.45, 2.75) is 0 Å². The summed E-state index contributed by atoms with van der Waals surface area (Å²) >= 11 is 10.3. The number of nitrogens with one attached hydrogen (secondary N) is 4. The molecule has 0 aliphatic carbocycles. The normalized spacial score (nSPS) is 9.92. The molecule has 0 fully saturated rings. The first-order chi connectivity index (χ1) is 11.5. The van der Waals surface area contributed by atoms with Crippen LogP contribution in [0.15, 0.2) is 48.5 Å². The summed E-state index contributed by atoms with van der Waals surface area (Å²) in [5.41, 5.74) is 1.41. The standard InChI is InChI=1S/C16H16F2N4S2/c17-11-1-5-13(6-2-11)21-15(23)19-9-10-20-16(24)22-14-7-3-12(18)4-8-14/h1-8H,9-10H2,(H2,19,21,23)(H2,20,22,24). The second-order valence-corrected chi connectivity index (χ2v) is 5.59. The van der Waals surface area contributed by atoms with Gasteiger partial charge in [-0.2, -0.15) is 0 Å². The highest BCUT2D eigenvalue weighted by atomic mass is 32.1. The Balaban J connectivity index is 1.63. The van der Waals surface area contributed by atoms with Gasteiger partial charge >= 0.3 is 0 Å². The molecule has 0 spiro atoms. The minimum Gasteiger partial charge on any atom is -0.361 e. The van der Waals surface area contributed by atoms with Crippen LogP contribution in [0.25, 0.3) is 0 Å². The number of halogens is 2. The maximum absolute atomic E-state index is 12.8. The molecule has 0 saturated heterocycles. The van der Waals surface area contributed by atoms with Gasteiger partial charge in [0.2, 0.25) is 0 Å². The minimum atomic E-state index is -0.300. The lowest BCUT2D eigenvalue weighted by atomic mass is 10.3. The predicted molar refractivity (Wildman–Crippen MR) is 101 cm³/mol. The lowest BCUT2D eigenvalue weighted by Crippen LogP contribution is -2.38. The van der Waals surface area contributed by atoms with Crippen LogP contribution in [0.5, 0.6) is 0 Å². The first-order valence-electron chi connectivity index (χ1n) is 7.14. The van der Waals surface area contributed by atoms with Crippen molar-refractivity contribution in [3.05, 3.63) is 60.2 Å². The number of anilines is 2. The van der Waals surface area contributed by atoms with E-state index in [-0.39, 0.29) is 11.6 Å². The molecule has 0 amide bonds. The van der Waals surface area contributed by atoms with Gasteiger partial charge in [-0.15, -0.1) is 0 Å². The van der Waals surface area contributed by atoms with Gasteiger partial charge in [-0.3, -0.25) is 0 Å². The van der Waals surface area contributed by atoms with Gasteiger partial charge in [0.1, 0.15) is 11.6 Å². The van der Waals surface area contributed by atoms with Crippen LogP contribution in [0.3, 0.4) is 0 Å². The summed E-state index contributed by atoms with van der Waals surface area (Å²) in [4.78, 5) is 0. The molecule has 24 heavy (non-hydrogen) atoms. The monoisotopic (exact) mass is 366 g/mol. The summed E-state index contributed by atoms with van der Waals surface area (Å²) in [5.74, 6) is -0.600. The third-order valence-electron chi connectivity index (χ3n) is 2.90. The zero-order valence-corrected chi connectivity index (χ0v) is 14.2. The lowest BCUT2D eigenvalue weighted by molar-refractivity contribution is 0.627. The van der Waals surface area contributed by atoms with Gasteiger partial charge in [-0.25, -0.2) is 8.78 Å². The topological polar surface area (TPSA) is 48.1 Å². The number of thiocarbonyl (C=S) groups is 2. The molecule has 126 valence electrons. The second-order valence-electron chi connectivity index (χ2n) is 4.78. The van der Waals surface area contributed by atoms with E-state index in [9.17, 15) is 8.78 Å². The molecule has 4 nitrogen and oxygen atoms in total. The van der Waals surface area contributed by atoms with Crippen molar-refractivity contribution >= 4 is 46.0 Å². The third-order valence-corrected chi connectivity index (χ3v) is 3.39. The van der Waals surface area contributed by atoms with Crippen LogP contribution in [-0.4, -0.2) is 23.3 Å².